The fourth-order valence-corrected chi connectivity index (χ4v) is 2.72. The van der Waals surface area contributed by atoms with E-state index in [2.05, 4.69) is 10.2 Å². The van der Waals surface area contributed by atoms with Gasteiger partial charge in [-0.1, -0.05) is 42.1 Å². The van der Waals surface area contributed by atoms with Crippen LogP contribution in [0.3, 0.4) is 0 Å². The molecule has 3 rings (SSSR count). The molecule has 0 saturated heterocycles. The number of carbonyl (C=O) groups is 1. The fourth-order valence-electron chi connectivity index (χ4n) is 2.12. The number of aromatic carboxylic acids is 1. The molecule has 0 atom stereocenters. The highest BCUT2D eigenvalue weighted by Gasteiger charge is 2.08. The van der Waals surface area contributed by atoms with Crippen LogP contribution in [0.5, 0.6) is 5.75 Å². The highest BCUT2D eigenvalue weighted by Crippen LogP contribution is 2.18. The van der Waals surface area contributed by atoms with E-state index < -0.39 is 5.97 Å². The zero-order chi connectivity index (χ0) is 17.5. The zero-order valence-electron chi connectivity index (χ0n) is 13.3. The number of ether oxygens (including phenoxy) is 1. The number of carboxylic acid groups (broad SMARTS) is 1. The van der Waals surface area contributed by atoms with Crippen molar-refractivity contribution in [1.82, 2.24) is 10.2 Å². The number of hydrogen-bond acceptors (Lipinski definition) is 6. The molecule has 0 aliphatic heterocycles. The first-order valence-electron chi connectivity index (χ1n) is 7.66. The monoisotopic (exact) mass is 356 g/mol. The van der Waals surface area contributed by atoms with Crippen LogP contribution in [-0.4, -0.2) is 33.6 Å². The Morgan fingerprint density at radius 2 is 1.84 bits per heavy atom. The van der Waals surface area contributed by atoms with Crippen LogP contribution in [0.1, 0.15) is 21.8 Å². The van der Waals surface area contributed by atoms with E-state index in [4.69, 9.17) is 14.3 Å². The smallest absolute Gasteiger partial charge is 0.335 e. The van der Waals surface area contributed by atoms with Gasteiger partial charge in [-0.15, -0.1) is 10.2 Å². The molecule has 7 heteroatoms. The number of hydrogen-bond donors (Lipinski definition) is 1. The van der Waals surface area contributed by atoms with E-state index >= 15 is 0 Å². The highest BCUT2D eigenvalue weighted by molar-refractivity contribution is 7.99. The molecule has 128 valence electrons. The highest BCUT2D eigenvalue weighted by atomic mass is 32.2. The van der Waals surface area contributed by atoms with Crippen molar-refractivity contribution in [3.05, 3.63) is 71.6 Å². The molecular formula is C18H16N2O4S. The summed E-state index contributed by atoms with van der Waals surface area (Å²) in [5.41, 5.74) is 1.36. The lowest BCUT2D eigenvalue weighted by molar-refractivity contribution is 0.0697. The SMILES string of the molecule is O=C(O)c1ccc(OCCSc2nnc(Cc3ccccc3)o2)cc1. The molecule has 1 heterocycles. The van der Waals surface area contributed by atoms with Gasteiger partial charge in [0.25, 0.3) is 5.22 Å². The van der Waals surface area contributed by atoms with Gasteiger partial charge in [0.15, 0.2) is 0 Å². The van der Waals surface area contributed by atoms with Crippen LogP contribution in [0.2, 0.25) is 0 Å². The van der Waals surface area contributed by atoms with Crippen molar-refractivity contribution in [3.8, 4) is 5.75 Å². The van der Waals surface area contributed by atoms with Crippen LogP contribution in [0.4, 0.5) is 0 Å². The molecule has 0 aliphatic rings. The second kappa shape index (κ2) is 8.34. The Morgan fingerprint density at radius 1 is 1.08 bits per heavy atom. The molecule has 3 aromatic rings. The van der Waals surface area contributed by atoms with Gasteiger partial charge in [0.05, 0.1) is 18.6 Å². The summed E-state index contributed by atoms with van der Waals surface area (Å²) >= 11 is 1.42. The van der Waals surface area contributed by atoms with Gasteiger partial charge in [-0.2, -0.15) is 0 Å². The van der Waals surface area contributed by atoms with Crippen molar-refractivity contribution in [2.45, 2.75) is 11.6 Å². The van der Waals surface area contributed by atoms with Gasteiger partial charge in [-0.05, 0) is 29.8 Å². The molecule has 0 aliphatic carbocycles. The van der Waals surface area contributed by atoms with Crippen LogP contribution in [0.15, 0.2) is 64.2 Å². The average molecular weight is 356 g/mol. The number of carboxylic acids is 1. The van der Waals surface area contributed by atoms with Gasteiger partial charge in [0.1, 0.15) is 5.75 Å². The van der Waals surface area contributed by atoms with E-state index in [1.807, 2.05) is 30.3 Å². The van der Waals surface area contributed by atoms with Crippen molar-refractivity contribution >= 4 is 17.7 Å². The van der Waals surface area contributed by atoms with Gasteiger partial charge in [-0.25, -0.2) is 4.79 Å². The van der Waals surface area contributed by atoms with Gasteiger partial charge in [0.2, 0.25) is 5.89 Å². The van der Waals surface area contributed by atoms with E-state index in [1.165, 1.54) is 23.9 Å². The molecule has 0 spiro atoms. The normalized spacial score (nSPS) is 10.6. The van der Waals surface area contributed by atoms with E-state index in [1.54, 1.807) is 12.1 Å². The van der Waals surface area contributed by atoms with Crippen LogP contribution < -0.4 is 4.74 Å². The molecule has 1 aromatic heterocycles. The van der Waals surface area contributed by atoms with Gasteiger partial charge >= 0.3 is 5.97 Å². The van der Waals surface area contributed by atoms with E-state index in [0.717, 1.165) is 5.56 Å². The third-order valence-electron chi connectivity index (χ3n) is 3.33. The Bertz CT molecular complexity index is 819. The summed E-state index contributed by atoms with van der Waals surface area (Å²) in [6.07, 6.45) is 0.612. The first kappa shape index (κ1) is 17.0. The molecule has 6 nitrogen and oxygen atoms in total. The minimum absolute atomic E-state index is 0.235. The van der Waals surface area contributed by atoms with Crippen LogP contribution in [0.25, 0.3) is 0 Å². The van der Waals surface area contributed by atoms with Crippen molar-refractivity contribution in [2.75, 3.05) is 12.4 Å². The molecule has 25 heavy (non-hydrogen) atoms. The fraction of sp³-hybridized carbons (Fsp3) is 0.167. The third-order valence-corrected chi connectivity index (χ3v) is 4.11. The minimum atomic E-state index is -0.954. The largest absolute Gasteiger partial charge is 0.493 e. The summed E-state index contributed by atoms with van der Waals surface area (Å²) in [6, 6.07) is 16.2. The summed E-state index contributed by atoms with van der Waals surface area (Å²) in [5, 5.41) is 17.4. The topological polar surface area (TPSA) is 85.5 Å². The molecule has 0 bridgehead atoms. The van der Waals surface area contributed by atoms with Crippen molar-refractivity contribution in [1.29, 1.82) is 0 Å². The first-order valence-corrected chi connectivity index (χ1v) is 8.64. The Labute approximate surface area is 148 Å². The van der Waals surface area contributed by atoms with Crippen LogP contribution in [-0.2, 0) is 6.42 Å². The van der Waals surface area contributed by atoms with E-state index in [-0.39, 0.29) is 5.56 Å². The zero-order valence-corrected chi connectivity index (χ0v) is 14.1. The number of thioether (sulfide) groups is 1. The second-order valence-electron chi connectivity index (χ2n) is 5.15. The Balaban J connectivity index is 1.42. The summed E-state index contributed by atoms with van der Waals surface area (Å²) in [5.74, 6) is 0.901. The molecule has 0 unspecified atom stereocenters. The summed E-state index contributed by atoms with van der Waals surface area (Å²) < 4.78 is 11.2. The van der Waals surface area contributed by atoms with E-state index in [9.17, 15) is 4.79 Å². The van der Waals surface area contributed by atoms with Gasteiger partial charge in [0, 0.05) is 5.75 Å². The molecule has 1 N–H and O–H groups in total. The van der Waals surface area contributed by atoms with E-state index in [0.29, 0.717) is 35.6 Å². The standard InChI is InChI=1S/C18H16N2O4S/c21-17(22)14-6-8-15(9-7-14)23-10-11-25-18-20-19-16(24-18)12-13-4-2-1-3-5-13/h1-9H,10-12H2,(H,21,22). The van der Waals surface area contributed by atoms with Crippen molar-refractivity contribution < 1.29 is 19.1 Å². The molecule has 0 fully saturated rings. The third kappa shape index (κ3) is 5.09. The minimum Gasteiger partial charge on any atom is -0.493 e. The lowest BCUT2D eigenvalue weighted by Crippen LogP contribution is -2.01. The Hall–Kier alpha value is -2.80. The number of nitrogens with zero attached hydrogens (tertiary/aromatic N) is 2. The predicted octanol–water partition coefficient (Wildman–Crippen LogP) is 3.53. The maximum absolute atomic E-state index is 10.8. The molecule has 0 saturated carbocycles. The summed E-state index contributed by atoms with van der Waals surface area (Å²) in [4.78, 5) is 10.8. The Morgan fingerprint density at radius 3 is 2.56 bits per heavy atom. The lowest BCUT2D eigenvalue weighted by Gasteiger charge is -2.04. The number of rotatable bonds is 8. The Kier molecular flexibility index (Phi) is 5.69. The number of benzene rings is 2. The first-order chi connectivity index (χ1) is 12.2. The maximum Gasteiger partial charge on any atom is 0.335 e. The molecule has 2 aromatic carbocycles. The summed E-state index contributed by atoms with van der Waals surface area (Å²) in [7, 11) is 0. The predicted molar refractivity (Wildman–Crippen MR) is 93.2 cm³/mol. The van der Waals surface area contributed by atoms with Crippen LogP contribution >= 0.6 is 11.8 Å². The molecule has 0 radical (unpaired) electrons. The van der Waals surface area contributed by atoms with Crippen LogP contribution in [0, 0.1) is 0 Å². The van der Waals surface area contributed by atoms with Gasteiger partial charge < -0.3 is 14.3 Å². The molecular weight excluding hydrogens is 340 g/mol. The lowest BCUT2D eigenvalue weighted by atomic mass is 10.2. The maximum atomic E-state index is 10.8. The number of aromatic nitrogens is 2. The van der Waals surface area contributed by atoms with Crippen molar-refractivity contribution in [3.63, 3.8) is 0 Å². The quantitative estimate of drug-likeness (QED) is 0.488. The second-order valence-corrected chi connectivity index (χ2v) is 6.20. The molecule has 0 amide bonds. The van der Waals surface area contributed by atoms with Gasteiger partial charge in [-0.3, -0.25) is 0 Å². The van der Waals surface area contributed by atoms with Crippen molar-refractivity contribution in [2.24, 2.45) is 0 Å². The summed E-state index contributed by atoms with van der Waals surface area (Å²) in [6.45, 7) is 0.452. The average Bonchev–Trinajstić information content (AvgIpc) is 3.07.